The quantitative estimate of drug-likeness (QED) is 0.157. The molecule has 0 aromatic rings. The van der Waals surface area contributed by atoms with Gasteiger partial charge in [-0.15, -0.1) is 0 Å². The highest BCUT2D eigenvalue weighted by Gasteiger charge is 2.33. The third-order valence-corrected chi connectivity index (χ3v) is 4.72. The van der Waals surface area contributed by atoms with Crippen molar-refractivity contribution in [3.05, 3.63) is 0 Å². The van der Waals surface area contributed by atoms with Crippen LogP contribution < -0.4 is 27.4 Å². The number of carbonyl (C=O) groups is 5. The fraction of sp³-hybridized carbons (Fsp3) is 0.750. The molecular weight excluding hydrogens is 422 g/mol. The number of carboxylic acids is 1. The molecule has 12 nitrogen and oxygen atoms in total. The number of aliphatic hydroxyl groups is 1. The lowest BCUT2D eigenvalue weighted by Gasteiger charge is -2.27. The highest BCUT2D eigenvalue weighted by Crippen LogP contribution is 2.07. The second kappa shape index (κ2) is 13.6. The Morgan fingerprint density at radius 1 is 0.844 bits per heavy atom. The van der Waals surface area contributed by atoms with E-state index in [0.717, 1.165) is 0 Å². The molecule has 12 heteroatoms. The average molecular weight is 460 g/mol. The van der Waals surface area contributed by atoms with Gasteiger partial charge in [0.15, 0.2) is 0 Å². The number of hydrogen-bond donors (Lipinski definition) is 7. The number of nitrogens with one attached hydrogen (secondary N) is 3. The third-order valence-electron chi connectivity index (χ3n) is 4.72. The fourth-order valence-electron chi connectivity index (χ4n) is 2.74. The first kappa shape index (κ1) is 29.3. The van der Waals surface area contributed by atoms with E-state index in [1.807, 2.05) is 0 Å². The number of carboxylic acid groups (broad SMARTS) is 1. The smallest absolute Gasteiger partial charge is 0.326 e. The molecule has 0 aromatic heterocycles. The SMILES string of the molecule is CC(C)CC(NC(=O)C(NC(=O)C(CCC(N)=O)NC(=O)C(N)C(C)C)C(C)O)C(=O)O. The largest absolute Gasteiger partial charge is 0.480 e. The Morgan fingerprint density at radius 3 is 1.78 bits per heavy atom. The van der Waals surface area contributed by atoms with Gasteiger partial charge in [0.2, 0.25) is 23.6 Å². The van der Waals surface area contributed by atoms with Crippen LogP contribution in [0.1, 0.15) is 53.9 Å². The molecule has 0 spiro atoms. The van der Waals surface area contributed by atoms with Gasteiger partial charge in [0.1, 0.15) is 18.1 Å². The van der Waals surface area contributed by atoms with Gasteiger partial charge in [0, 0.05) is 6.42 Å². The number of hydrogen-bond acceptors (Lipinski definition) is 7. The van der Waals surface area contributed by atoms with Crippen LogP contribution in [0.15, 0.2) is 0 Å². The van der Waals surface area contributed by atoms with E-state index >= 15 is 0 Å². The van der Waals surface area contributed by atoms with Crippen LogP contribution in [-0.2, 0) is 24.0 Å². The first-order chi connectivity index (χ1) is 14.7. The minimum atomic E-state index is -1.50. The predicted molar refractivity (Wildman–Crippen MR) is 116 cm³/mol. The van der Waals surface area contributed by atoms with Crippen molar-refractivity contribution in [2.75, 3.05) is 0 Å². The van der Waals surface area contributed by atoms with Gasteiger partial charge in [-0.25, -0.2) is 4.79 Å². The van der Waals surface area contributed by atoms with Crippen LogP contribution in [0.2, 0.25) is 0 Å². The Balaban J connectivity index is 5.49. The minimum Gasteiger partial charge on any atom is -0.480 e. The number of rotatable bonds is 14. The molecule has 184 valence electrons. The summed E-state index contributed by atoms with van der Waals surface area (Å²) in [4.78, 5) is 60.2. The second-order valence-electron chi connectivity index (χ2n) is 8.59. The molecule has 9 N–H and O–H groups in total. The van der Waals surface area contributed by atoms with Gasteiger partial charge in [0.25, 0.3) is 0 Å². The molecule has 0 saturated carbocycles. The molecule has 0 fully saturated rings. The van der Waals surface area contributed by atoms with Crippen LogP contribution in [-0.4, -0.2) is 70.1 Å². The maximum absolute atomic E-state index is 12.8. The van der Waals surface area contributed by atoms with Gasteiger partial charge in [-0.05, 0) is 31.6 Å². The molecule has 5 unspecified atom stereocenters. The molecule has 0 bridgehead atoms. The third kappa shape index (κ3) is 10.5. The van der Waals surface area contributed by atoms with Crippen molar-refractivity contribution < 1.29 is 34.2 Å². The molecule has 5 atom stereocenters. The van der Waals surface area contributed by atoms with Crippen molar-refractivity contribution in [3.63, 3.8) is 0 Å². The molecule has 0 radical (unpaired) electrons. The summed E-state index contributed by atoms with van der Waals surface area (Å²) < 4.78 is 0. The first-order valence-corrected chi connectivity index (χ1v) is 10.5. The molecule has 4 amide bonds. The van der Waals surface area contributed by atoms with E-state index in [4.69, 9.17) is 11.5 Å². The molecule has 0 aliphatic rings. The van der Waals surface area contributed by atoms with Gasteiger partial charge in [-0.2, -0.15) is 0 Å². The molecular formula is C20H37N5O7. The molecule has 0 rings (SSSR count). The van der Waals surface area contributed by atoms with Gasteiger partial charge < -0.3 is 37.6 Å². The lowest BCUT2D eigenvalue weighted by molar-refractivity contribution is -0.143. The topological polar surface area (TPSA) is 214 Å². The Morgan fingerprint density at radius 2 is 1.38 bits per heavy atom. The van der Waals surface area contributed by atoms with Gasteiger partial charge in [-0.1, -0.05) is 27.7 Å². The van der Waals surface area contributed by atoms with Crippen LogP contribution in [0, 0.1) is 11.8 Å². The molecule has 0 aliphatic carbocycles. The highest BCUT2D eigenvalue weighted by molar-refractivity contribution is 5.94. The van der Waals surface area contributed by atoms with Crippen molar-refractivity contribution in [1.82, 2.24) is 16.0 Å². The highest BCUT2D eigenvalue weighted by atomic mass is 16.4. The van der Waals surface area contributed by atoms with Gasteiger partial charge in [0.05, 0.1) is 12.1 Å². The van der Waals surface area contributed by atoms with Gasteiger partial charge >= 0.3 is 5.97 Å². The molecule has 0 saturated heterocycles. The zero-order chi connectivity index (χ0) is 25.2. The van der Waals surface area contributed by atoms with Crippen molar-refractivity contribution in [2.45, 2.75) is 84.2 Å². The number of nitrogens with two attached hydrogens (primary N) is 2. The second-order valence-corrected chi connectivity index (χ2v) is 8.59. The van der Waals surface area contributed by atoms with Crippen LogP contribution in [0.5, 0.6) is 0 Å². The summed E-state index contributed by atoms with van der Waals surface area (Å²) in [5, 5.41) is 26.4. The van der Waals surface area contributed by atoms with E-state index in [2.05, 4.69) is 16.0 Å². The Kier molecular flexibility index (Phi) is 12.5. The van der Waals surface area contributed by atoms with Crippen molar-refractivity contribution >= 4 is 29.6 Å². The van der Waals surface area contributed by atoms with Crippen molar-refractivity contribution in [1.29, 1.82) is 0 Å². The van der Waals surface area contributed by atoms with E-state index in [1.54, 1.807) is 27.7 Å². The minimum absolute atomic E-state index is 0.0328. The summed E-state index contributed by atoms with van der Waals surface area (Å²) in [5.74, 6) is -4.60. The predicted octanol–water partition coefficient (Wildman–Crippen LogP) is -1.80. The molecule has 0 heterocycles. The van der Waals surface area contributed by atoms with E-state index in [9.17, 15) is 34.2 Å². The summed E-state index contributed by atoms with van der Waals surface area (Å²) in [6.45, 7) is 8.24. The van der Waals surface area contributed by atoms with Crippen LogP contribution in [0.3, 0.4) is 0 Å². The maximum atomic E-state index is 12.8. The van der Waals surface area contributed by atoms with Gasteiger partial charge in [-0.3, -0.25) is 19.2 Å². The van der Waals surface area contributed by atoms with Crippen LogP contribution >= 0.6 is 0 Å². The maximum Gasteiger partial charge on any atom is 0.326 e. The lowest BCUT2D eigenvalue weighted by Crippen LogP contribution is -2.60. The number of amides is 4. The summed E-state index contributed by atoms with van der Waals surface area (Å²) in [7, 11) is 0. The first-order valence-electron chi connectivity index (χ1n) is 10.5. The monoisotopic (exact) mass is 459 g/mol. The molecule has 0 aliphatic heterocycles. The summed E-state index contributed by atoms with van der Waals surface area (Å²) >= 11 is 0. The van der Waals surface area contributed by atoms with Crippen LogP contribution in [0.25, 0.3) is 0 Å². The normalized spacial score (nSPS) is 15.9. The van der Waals surface area contributed by atoms with E-state index in [1.165, 1.54) is 6.92 Å². The number of primary amides is 1. The van der Waals surface area contributed by atoms with Crippen molar-refractivity contribution in [3.8, 4) is 0 Å². The van der Waals surface area contributed by atoms with E-state index in [0.29, 0.717) is 0 Å². The number of aliphatic carboxylic acids is 1. The van der Waals surface area contributed by atoms with E-state index in [-0.39, 0.29) is 31.1 Å². The Labute approximate surface area is 187 Å². The Bertz CT molecular complexity index is 681. The standard InChI is InChI=1S/C20H37N5O7/c1-9(2)8-13(20(31)32)24-19(30)16(11(5)26)25-17(28)12(6-7-14(21)27)23-18(29)15(22)10(3)4/h9-13,15-16,26H,6-8,22H2,1-5H3,(H2,21,27)(H,23,29)(H,24,30)(H,25,28)(H,31,32). The van der Waals surface area contributed by atoms with Crippen LogP contribution in [0.4, 0.5) is 0 Å². The summed E-state index contributed by atoms with van der Waals surface area (Å²) in [6, 6.07) is -4.87. The number of carbonyl (C=O) groups excluding carboxylic acids is 4. The summed E-state index contributed by atoms with van der Waals surface area (Å²) in [6.07, 6.45) is -1.61. The number of aliphatic hydroxyl groups excluding tert-OH is 1. The lowest BCUT2D eigenvalue weighted by atomic mass is 10.0. The van der Waals surface area contributed by atoms with E-state index < -0.39 is 59.9 Å². The molecule has 0 aromatic carbocycles. The fourth-order valence-corrected chi connectivity index (χ4v) is 2.74. The zero-order valence-corrected chi connectivity index (χ0v) is 19.3. The zero-order valence-electron chi connectivity index (χ0n) is 19.3. The average Bonchev–Trinajstić information content (AvgIpc) is 2.66. The summed E-state index contributed by atoms with van der Waals surface area (Å²) in [5.41, 5.74) is 10.9. The van der Waals surface area contributed by atoms with Crippen molar-refractivity contribution in [2.24, 2.45) is 23.3 Å². The Hall–Kier alpha value is -2.73. The molecule has 32 heavy (non-hydrogen) atoms.